The third kappa shape index (κ3) is 4.04. The lowest BCUT2D eigenvalue weighted by atomic mass is 9.97. The maximum Gasteiger partial charge on any atom is 0.197 e. The van der Waals surface area contributed by atoms with Crippen LogP contribution >= 0.6 is 11.8 Å². The first kappa shape index (κ1) is 18.9. The molecular formula is C21H25N5OS. The molecule has 2 aromatic heterocycles. The van der Waals surface area contributed by atoms with E-state index in [0.29, 0.717) is 6.61 Å². The highest BCUT2D eigenvalue weighted by atomic mass is 32.2. The fraction of sp³-hybridized carbons (Fsp3) is 0.429. The average molecular weight is 396 g/mol. The van der Waals surface area contributed by atoms with Crippen LogP contribution in [0.15, 0.2) is 34.4 Å². The van der Waals surface area contributed by atoms with Gasteiger partial charge < -0.3 is 9.30 Å². The third-order valence-electron chi connectivity index (χ3n) is 4.94. The quantitative estimate of drug-likeness (QED) is 0.579. The van der Waals surface area contributed by atoms with Crippen molar-refractivity contribution in [2.24, 2.45) is 0 Å². The summed E-state index contributed by atoms with van der Waals surface area (Å²) in [5.41, 5.74) is 3.70. The number of aromatic nitrogens is 5. The minimum Gasteiger partial charge on any atom is -0.486 e. The van der Waals surface area contributed by atoms with Gasteiger partial charge >= 0.3 is 0 Å². The smallest absolute Gasteiger partial charge is 0.197 e. The summed E-state index contributed by atoms with van der Waals surface area (Å²) in [4.78, 5) is 9.35. The van der Waals surface area contributed by atoms with E-state index in [1.807, 2.05) is 31.2 Å². The zero-order valence-electron chi connectivity index (χ0n) is 16.6. The molecule has 2 heterocycles. The molecule has 1 aromatic carbocycles. The van der Waals surface area contributed by atoms with Gasteiger partial charge in [-0.3, -0.25) is 0 Å². The van der Waals surface area contributed by atoms with Gasteiger partial charge in [-0.15, -0.1) is 10.2 Å². The van der Waals surface area contributed by atoms with Gasteiger partial charge in [0.1, 0.15) is 23.2 Å². The Morgan fingerprint density at radius 1 is 1.04 bits per heavy atom. The van der Waals surface area contributed by atoms with E-state index in [4.69, 9.17) is 9.72 Å². The number of fused-ring (bicyclic) bond motifs is 1. The van der Waals surface area contributed by atoms with Crippen molar-refractivity contribution in [1.29, 1.82) is 0 Å². The summed E-state index contributed by atoms with van der Waals surface area (Å²) in [5.74, 6) is 2.49. The minimum absolute atomic E-state index is 0.394. The number of ether oxygens (including phenoxy) is 1. The molecule has 0 radical (unpaired) electrons. The highest BCUT2D eigenvalue weighted by Gasteiger charge is 2.20. The molecule has 1 aliphatic carbocycles. The van der Waals surface area contributed by atoms with Crippen LogP contribution in [-0.4, -0.2) is 24.7 Å². The summed E-state index contributed by atoms with van der Waals surface area (Å²) < 4.78 is 8.01. The van der Waals surface area contributed by atoms with Gasteiger partial charge in [0.25, 0.3) is 0 Å². The highest BCUT2D eigenvalue weighted by Crippen LogP contribution is 2.33. The molecule has 0 atom stereocenters. The maximum absolute atomic E-state index is 5.90. The van der Waals surface area contributed by atoms with Crippen molar-refractivity contribution < 1.29 is 4.74 Å². The van der Waals surface area contributed by atoms with E-state index in [0.717, 1.165) is 47.0 Å². The van der Waals surface area contributed by atoms with Crippen LogP contribution in [0, 0.1) is 13.8 Å². The summed E-state index contributed by atoms with van der Waals surface area (Å²) >= 11 is 1.59. The van der Waals surface area contributed by atoms with Crippen LogP contribution in [-0.2, 0) is 26.0 Å². The highest BCUT2D eigenvalue weighted by molar-refractivity contribution is 7.99. The predicted octanol–water partition coefficient (Wildman–Crippen LogP) is 4.31. The van der Waals surface area contributed by atoms with Gasteiger partial charge in [-0.05, 0) is 70.3 Å². The van der Waals surface area contributed by atoms with Gasteiger partial charge in [0.15, 0.2) is 11.0 Å². The van der Waals surface area contributed by atoms with Gasteiger partial charge in [0.05, 0.1) is 0 Å². The average Bonchev–Trinajstić information content (AvgIpc) is 3.09. The molecular weight excluding hydrogens is 370 g/mol. The zero-order valence-corrected chi connectivity index (χ0v) is 17.4. The molecule has 0 saturated carbocycles. The predicted molar refractivity (Wildman–Crippen MR) is 109 cm³/mol. The molecule has 28 heavy (non-hydrogen) atoms. The summed E-state index contributed by atoms with van der Waals surface area (Å²) in [7, 11) is 0. The van der Waals surface area contributed by atoms with Crippen molar-refractivity contribution in [2.45, 2.75) is 69.8 Å². The fourth-order valence-corrected chi connectivity index (χ4v) is 4.57. The van der Waals surface area contributed by atoms with Gasteiger partial charge in [0.2, 0.25) is 0 Å². The van der Waals surface area contributed by atoms with Crippen molar-refractivity contribution in [3.63, 3.8) is 0 Å². The Morgan fingerprint density at radius 2 is 1.82 bits per heavy atom. The lowest BCUT2D eigenvalue weighted by Gasteiger charge is -2.18. The second-order valence-electron chi connectivity index (χ2n) is 7.06. The standard InChI is InChI=1S/C21H25N5OS/c1-4-26-19(13-27-16-11-9-14(2)10-12-16)24-25-21(26)28-20-17-7-5-6-8-18(17)22-15(3)23-20/h9-12H,4-8,13H2,1-3H3. The van der Waals surface area contributed by atoms with Gasteiger partial charge in [-0.1, -0.05) is 17.7 Å². The molecule has 146 valence electrons. The van der Waals surface area contributed by atoms with Crippen molar-refractivity contribution in [2.75, 3.05) is 0 Å². The molecule has 0 spiro atoms. The van der Waals surface area contributed by atoms with Crippen LogP contribution in [0.4, 0.5) is 0 Å². The molecule has 4 rings (SSSR count). The molecule has 1 aliphatic rings. The molecule has 3 aromatic rings. The zero-order chi connectivity index (χ0) is 19.5. The Morgan fingerprint density at radius 3 is 2.61 bits per heavy atom. The topological polar surface area (TPSA) is 65.7 Å². The SMILES string of the molecule is CCn1c(COc2ccc(C)cc2)nnc1Sc1nc(C)nc2c1CCCC2. The first-order valence-corrected chi connectivity index (χ1v) is 10.6. The van der Waals surface area contributed by atoms with E-state index in [1.165, 1.54) is 29.7 Å². The molecule has 0 fully saturated rings. The lowest BCUT2D eigenvalue weighted by Crippen LogP contribution is -2.11. The summed E-state index contributed by atoms with van der Waals surface area (Å²) in [6.45, 7) is 7.31. The Balaban J connectivity index is 1.55. The molecule has 0 bridgehead atoms. The molecule has 0 amide bonds. The van der Waals surface area contributed by atoms with Crippen LogP contribution in [0.2, 0.25) is 0 Å². The molecule has 0 unspecified atom stereocenters. The maximum atomic E-state index is 5.90. The number of nitrogens with zero attached hydrogens (tertiary/aromatic N) is 5. The summed E-state index contributed by atoms with van der Waals surface area (Å²) in [5, 5.41) is 10.7. The van der Waals surface area contributed by atoms with E-state index < -0.39 is 0 Å². The Kier molecular flexibility index (Phi) is 5.62. The van der Waals surface area contributed by atoms with E-state index in [2.05, 4.69) is 33.6 Å². The Bertz CT molecular complexity index is 968. The van der Waals surface area contributed by atoms with E-state index in [-0.39, 0.29) is 0 Å². The van der Waals surface area contributed by atoms with Crippen LogP contribution in [0.3, 0.4) is 0 Å². The monoisotopic (exact) mass is 395 g/mol. The largest absolute Gasteiger partial charge is 0.486 e. The lowest BCUT2D eigenvalue weighted by molar-refractivity contribution is 0.288. The summed E-state index contributed by atoms with van der Waals surface area (Å²) in [6, 6.07) is 8.05. The molecule has 0 aliphatic heterocycles. The number of benzene rings is 1. The second-order valence-corrected chi connectivity index (χ2v) is 8.01. The third-order valence-corrected chi connectivity index (χ3v) is 5.96. The van der Waals surface area contributed by atoms with Crippen molar-refractivity contribution in [3.8, 4) is 5.75 Å². The Labute approximate surface area is 169 Å². The number of aryl methyl sites for hydroxylation is 3. The van der Waals surface area contributed by atoms with Crippen molar-refractivity contribution in [1.82, 2.24) is 24.7 Å². The normalized spacial score (nSPS) is 13.4. The van der Waals surface area contributed by atoms with Gasteiger partial charge in [-0.25, -0.2) is 9.97 Å². The first-order valence-electron chi connectivity index (χ1n) is 9.80. The Hall–Kier alpha value is -2.41. The number of hydrogen-bond acceptors (Lipinski definition) is 6. The molecule has 6 nitrogen and oxygen atoms in total. The first-order chi connectivity index (χ1) is 13.6. The minimum atomic E-state index is 0.394. The van der Waals surface area contributed by atoms with Crippen LogP contribution in [0.5, 0.6) is 5.75 Å². The van der Waals surface area contributed by atoms with Crippen LogP contribution in [0.1, 0.15) is 48.2 Å². The fourth-order valence-electron chi connectivity index (χ4n) is 3.45. The van der Waals surface area contributed by atoms with Gasteiger partial charge in [-0.2, -0.15) is 0 Å². The van der Waals surface area contributed by atoms with Crippen LogP contribution < -0.4 is 4.74 Å². The number of rotatable bonds is 6. The van der Waals surface area contributed by atoms with E-state index in [9.17, 15) is 0 Å². The molecule has 0 N–H and O–H groups in total. The van der Waals surface area contributed by atoms with E-state index >= 15 is 0 Å². The number of hydrogen-bond donors (Lipinski definition) is 0. The molecule has 0 saturated heterocycles. The van der Waals surface area contributed by atoms with Crippen molar-refractivity contribution in [3.05, 3.63) is 52.7 Å². The van der Waals surface area contributed by atoms with Gasteiger partial charge in [0, 0.05) is 17.8 Å². The van der Waals surface area contributed by atoms with Crippen molar-refractivity contribution >= 4 is 11.8 Å². The molecule has 7 heteroatoms. The second kappa shape index (κ2) is 8.31. The van der Waals surface area contributed by atoms with Crippen LogP contribution in [0.25, 0.3) is 0 Å². The summed E-state index contributed by atoms with van der Waals surface area (Å²) in [6.07, 6.45) is 4.49. The van der Waals surface area contributed by atoms with E-state index in [1.54, 1.807) is 11.8 Å².